The first-order valence-electron chi connectivity index (χ1n) is 6.81. The average molecular weight is 369 g/mol. The highest BCUT2D eigenvalue weighted by Gasteiger charge is 2.10. The van der Waals surface area contributed by atoms with E-state index in [1.807, 2.05) is 42.5 Å². The third kappa shape index (κ3) is 5.03. The molecule has 0 aliphatic carbocycles. The fourth-order valence-corrected chi connectivity index (χ4v) is 2.36. The van der Waals surface area contributed by atoms with Crippen LogP contribution in [0.2, 0.25) is 5.02 Å². The van der Waals surface area contributed by atoms with Gasteiger partial charge in [0, 0.05) is 12.1 Å². The minimum atomic E-state index is 0.0799. The summed E-state index contributed by atoms with van der Waals surface area (Å²) in [5.41, 5.74) is 1.21. The summed E-state index contributed by atoms with van der Waals surface area (Å²) in [7, 11) is 0. The number of para-hydroxylation sites is 1. The minimum absolute atomic E-state index is 0.0799. The second-order valence-electron chi connectivity index (χ2n) is 5.90. The summed E-state index contributed by atoms with van der Waals surface area (Å²) < 4.78 is 6.74. The van der Waals surface area contributed by atoms with Crippen molar-refractivity contribution in [3.8, 4) is 11.5 Å². The maximum atomic E-state index is 6.31. The van der Waals surface area contributed by atoms with Crippen LogP contribution in [0.4, 0.5) is 0 Å². The molecule has 0 fully saturated rings. The molecule has 0 aliphatic heterocycles. The summed E-state index contributed by atoms with van der Waals surface area (Å²) in [4.78, 5) is 0. The lowest BCUT2D eigenvalue weighted by Crippen LogP contribution is -2.35. The molecule has 0 unspecified atom stereocenters. The molecule has 2 nitrogen and oxygen atoms in total. The molecule has 0 heterocycles. The molecule has 0 saturated heterocycles. The number of rotatable bonds is 4. The number of benzene rings is 2. The molecule has 21 heavy (non-hydrogen) atoms. The molecule has 0 amide bonds. The molecule has 0 aliphatic rings. The van der Waals surface area contributed by atoms with E-state index in [4.69, 9.17) is 16.3 Å². The van der Waals surface area contributed by atoms with E-state index in [1.54, 1.807) is 0 Å². The van der Waals surface area contributed by atoms with Gasteiger partial charge in [-0.15, -0.1) is 0 Å². The highest BCUT2D eigenvalue weighted by Crippen LogP contribution is 2.33. The van der Waals surface area contributed by atoms with E-state index in [2.05, 4.69) is 42.0 Å². The van der Waals surface area contributed by atoms with Gasteiger partial charge in [-0.1, -0.05) is 29.8 Å². The molecular formula is C17H19BrClNO. The van der Waals surface area contributed by atoms with Gasteiger partial charge in [0.25, 0.3) is 0 Å². The van der Waals surface area contributed by atoms with Gasteiger partial charge in [0.1, 0.15) is 11.5 Å². The first-order valence-corrected chi connectivity index (χ1v) is 7.98. The molecule has 1 N–H and O–H groups in total. The van der Waals surface area contributed by atoms with Gasteiger partial charge in [-0.25, -0.2) is 0 Å². The Hall–Kier alpha value is -1.03. The number of hydrogen-bond donors (Lipinski definition) is 1. The first-order chi connectivity index (χ1) is 9.85. The Balaban J connectivity index is 2.11. The minimum Gasteiger partial charge on any atom is -0.455 e. The Morgan fingerprint density at radius 1 is 1.10 bits per heavy atom. The van der Waals surface area contributed by atoms with E-state index >= 15 is 0 Å². The molecule has 2 aromatic carbocycles. The van der Waals surface area contributed by atoms with Gasteiger partial charge in [-0.2, -0.15) is 0 Å². The molecule has 0 aromatic heterocycles. The summed E-state index contributed by atoms with van der Waals surface area (Å²) in [5.74, 6) is 1.41. The molecule has 0 radical (unpaired) electrons. The van der Waals surface area contributed by atoms with Crippen LogP contribution in [-0.4, -0.2) is 5.54 Å². The van der Waals surface area contributed by atoms with Crippen molar-refractivity contribution < 1.29 is 4.74 Å². The standard InChI is InChI=1S/C17H19BrClNO/c1-17(2,3)20-11-12-8-9-16(14(19)10-12)21-15-7-5-4-6-13(15)18/h4-10,20H,11H2,1-3H3. The van der Waals surface area contributed by atoms with Crippen molar-refractivity contribution in [2.45, 2.75) is 32.9 Å². The van der Waals surface area contributed by atoms with Crippen LogP contribution in [0.1, 0.15) is 26.3 Å². The number of nitrogens with one attached hydrogen (secondary N) is 1. The average Bonchev–Trinajstić information content (AvgIpc) is 2.41. The molecule has 0 saturated carbocycles. The fourth-order valence-electron chi connectivity index (χ4n) is 1.75. The maximum absolute atomic E-state index is 6.31. The smallest absolute Gasteiger partial charge is 0.146 e. The highest BCUT2D eigenvalue weighted by atomic mass is 79.9. The number of ether oxygens (including phenoxy) is 1. The molecule has 2 rings (SSSR count). The predicted octanol–water partition coefficient (Wildman–Crippen LogP) is 5.78. The van der Waals surface area contributed by atoms with Crippen LogP contribution in [0.15, 0.2) is 46.9 Å². The normalized spacial score (nSPS) is 11.5. The van der Waals surface area contributed by atoms with Gasteiger partial charge in [-0.3, -0.25) is 0 Å². The molecule has 112 valence electrons. The third-order valence-corrected chi connectivity index (χ3v) is 3.83. The third-order valence-electron chi connectivity index (χ3n) is 2.88. The summed E-state index contributed by atoms with van der Waals surface area (Å²) in [5, 5.41) is 4.05. The lowest BCUT2D eigenvalue weighted by Gasteiger charge is -2.20. The van der Waals surface area contributed by atoms with Crippen molar-refractivity contribution in [2.24, 2.45) is 0 Å². The van der Waals surface area contributed by atoms with Gasteiger partial charge < -0.3 is 10.1 Å². The predicted molar refractivity (Wildman–Crippen MR) is 92.3 cm³/mol. The van der Waals surface area contributed by atoms with Crippen LogP contribution >= 0.6 is 27.5 Å². The van der Waals surface area contributed by atoms with E-state index in [9.17, 15) is 0 Å². The van der Waals surface area contributed by atoms with Crippen LogP contribution in [0, 0.1) is 0 Å². The second-order valence-corrected chi connectivity index (χ2v) is 7.16. The molecule has 0 spiro atoms. The summed E-state index contributed by atoms with van der Waals surface area (Å²) in [6.07, 6.45) is 0. The Kier molecular flexibility index (Phi) is 5.31. The van der Waals surface area contributed by atoms with Crippen molar-refractivity contribution >= 4 is 27.5 Å². The first kappa shape index (κ1) is 16.3. The maximum Gasteiger partial charge on any atom is 0.146 e. The van der Waals surface area contributed by atoms with Crippen molar-refractivity contribution in [1.29, 1.82) is 0 Å². The zero-order chi connectivity index (χ0) is 15.5. The molecule has 0 bridgehead atoms. The van der Waals surface area contributed by atoms with Crippen molar-refractivity contribution in [3.05, 3.63) is 57.5 Å². The Labute approximate surface area is 139 Å². The zero-order valence-corrected chi connectivity index (χ0v) is 14.8. The summed E-state index contributed by atoms with van der Waals surface area (Å²) in [6.45, 7) is 7.19. The van der Waals surface area contributed by atoms with Gasteiger partial charge in [-0.05, 0) is 66.5 Å². The Bertz CT molecular complexity index is 622. The van der Waals surface area contributed by atoms with Gasteiger partial charge in [0.15, 0.2) is 0 Å². The van der Waals surface area contributed by atoms with Gasteiger partial charge in [0.2, 0.25) is 0 Å². The molecule has 0 atom stereocenters. The SMILES string of the molecule is CC(C)(C)NCc1ccc(Oc2ccccc2Br)c(Cl)c1. The van der Waals surface area contributed by atoms with E-state index in [0.29, 0.717) is 10.8 Å². The van der Waals surface area contributed by atoms with Gasteiger partial charge >= 0.3 is 0 Å². The van der Waals surface area contributed by atoms with Gasteiger partial charge in [0.05, 0.1) is 9.50 Å². The topological polar surface area (TPSA) is 21.3 Å². The fraction of sp³-hybridized carbons (Fsp3) is 0.294. The summed E-state index contributed by atoms with van der Waals surface area (Å²) in [6, 6.07) is 13.6. The molecule has 2 aromatic rings. The van der Waals surface area contributed by atoms with E-state index < -0.39 is 0 Å². The van der Waals surface area contributed by atoms with Crippen molar-refractivity contribution in [2.75, 3.05) is 0 Å². The van der Waals surface area contributed by atoms with Crippen LogP contribution < -0.4 is 10.1 Å². The largest absolute Gasteiger partial charge is 0.455 e. The van der Waals surface area contributed by atoms with Crippen LogP contribution in [-0.2, 0) is 6.54 Å². The second kappa shape index (κ2) is 6.82. The van der Waals surface area contributed by atoms with E-state index in [-0.39, 0.29) is 5.54 Å². The number of halogens is 2. The van der Waals surface area contributed by atoms with Crippen LogP contribution in [0.25, 0.3) is 0 Å². The monoisotopic (exact) mass is 367 g/mol. The zero-order valence-electron chi connectivity index (χ0n) is 12.4. The number of hydrogen-bond acceptors (Lipinski definition) is 2. The Morgan fingerprint density at radius 2 is 1.81 bits per heavy atom. The highest BCUT2D eigenvalue weighted by molar-refractivity contribution is 9.10. The lowest BCUT2D eigenvalue weighted by atomic mass is 10.1. The summed E-state index contributed by atoms with van der Waals surface area (Å²) >= 11 is 9.77. The van der Waals surface area contributed by atoms with E-state index in [1.165, 1.54) is 0 Å². The molecule has 4 heteroatoms. The van der Waals surface area contributed by atoms with Crippen LogP contribution in [0.5, 0.6) is 11.5 Å². The van der Waals surface area contributed by atoms with Crippen LogP contribution in [0.3, 0.4) is 0 Å². The Morgan fingerprint density at radius 3 is 2.43 bits per heavy atom. The van der Waals surface area contributed by atoms with E-state index in [0.717, 1.165) is 22.3 Å². The quantitative estimate of drug-likeness (QED) is 0.738. The molecular weight excluding hydrogens is 350 g/mol. The lowest BCUT2D eigenvalue weighted by molar-refractivity contribution is 0.424. The van der Waals surface area contributed by atoms with Crippen molar-refractivity contribution in [3.63, 3.8) is 0 Å². The van der Waals surface area contributed by atoms with Crippen molar-refractivity contribution in [1.82, 2.24) is 5.32 Å².